The largest absolute Gasteiger partial charge is 0.388 e. The van der Waals surface area contributed by atoms with Gasteiger partial charge < -0.3 is 5.11 Å². The second-order valence-corrected chi connectivity index (χ2v) is 4.68. The Morgan fingerprint density at radius 3 is 2.47 bits per heavy atom. The van der Waals surface area contributed by atoms with Crippen LogP contribution >= 0.6 is 0 Å². The fourth-order valence-electron chi connectivity index (χ4n) is 2.32. The number of aliphatic hydroxyl groups excluding tert-OH is 1. The highest BCUT2D eigenvalue weighted by molar-refractivity contribution is 5.88. The van der Waals surface area contributed by atoms with E-state index in [1.807, 2.05) is 6.07 Å². The highest BCUT2D eigenvalue weighted by Crippen LogP contribution is 2.29. The normalized spacial score (nSPS) is 12.9. The summed E-state index contributed by atoms with van der Waals surface area (Å²) in [6.45, 7) is 4.27. The van der Waals surface area contributed by atoms with Gasteiger partial charge in [0.05, 0.1) is 6.10 Å². The topological polar surface area (TPSA) is 20.2 Å². The molecule has 0 amide bonds. The number of hydrogen-bond donors (Lipinski definition) is 1. The number of aliphatic hydroxyl groups is 1. The number of hydrogen-bond acceptors (Lipinski definition) is 1. The summed E-state index contributed by atoms with van der Waals surface area (Å²) < 4.78 is 0. The Hall–Kier alpha value is -1.34. The number of unbranched alkanes of at least 4 members (excludes halogenated alkanes) is 1. The molecule has 2 rings (SSSR count). The first-order chi connectivity index (χ1) is 8.24. The SMILES string of the molecule is CCCCC(O)c1ccc(C)c2ccccc12. The van der Waals surface area contributed by atoms with E-state index in [4.69, 9.17) is 0 Å². The van der Waals surface area contributed by atoms with Gasteiger partial charge in [0.1, 0.15) is 0 Å². The van der Waals surface area contributed by atoms with Crippen LogP contribution in [0.2, 0.25) is 0 Å². The maximum Gasteiger partial charge on any atom is 0.0796 e. The van der Waals surface area contributed by atoms with Crippen molar-refractivity contribution in [2.45, 2.75) is 39.2 Å². The minimum atomic E-state index is -0.333. The molecule has 0 radical (unpaired) electrons. The van der Waals surface area contributed by atoms with Crippen LogP contribution in [0.3, 0.4) is 0 Å². The van der Waals surface area contributed by atoms with Crippen LogP contribution in [0.5, 0.6) is 0 Å². The molecule has 1 nitrogen and oxygen atoms in total. The van der Waals surface area contributed by atoms with Gasteiger partial charge in [-0.1, -0.05) is 56.2 Å². The number of rotatable bonds is 4. The zero-order valence-corrected chi connectivity index (χ0v) is 10.6. The fraction of sp³-hybridized carbons (Fsp3) is 0.375. The van der Waals surface area contributed by atoms with Crippen molar-refractivity contribution in [3.63, 3.8) is 0 Å². The first-order valence-corrected chi connectivity index (χ1v) is 6.40. The van der Waals surface area contributed by atoms with Crippen LogP contribution < -0.4 is 0 Å². The highest BCUT2D eigenvalue weighted by atomic mass is 16.3. The van der Waals surface area contributed by atoms with E-state index in [0.717, 1.165) is 24.8 Å². The van der Waals surface area contributed by atoms with Crippen LogP contribution in [0.25, 0.3) is 10.8 Å². The highest BCUT2D eigenvalue weighted by Gasteiger charge is 2.11. The molecule has 0 saturated carbocycles. The van der Waals surface area contributed by atoms with Crippen molar-refractivity contribution in [1.82, 2.24) is 0 Å². The number of fused-ring (bicyclic) bond motifs is 1. The standard InChI is InChI=1S/C16H20O/c1-3-4-9-16(17)15-11-10-12(2)13-7-5-6-8-14(13)15/h5-8,10-11,16-17H,3-4,9H2,1-2H3. The fourth-order valence-corrected chi connectivity index (χ4v) is 2.32. The first-order valence-electron chi connectivity index (χ1n) is 6.40. The van der Waals surface area contributed by atoms with E-state index in [0.29, 0.717) is 0 Å². The zero-order valence-electron chi connectivity index (χ0n) is 10.6. The summed E-state index contributed by atoms with van der Waals surface area (Å²) in [7, 11) is 0. The molecule has 0 aromatic heterocycles. The number of aryl methyl sites for hydroxylation is 1. The van der Waals surface area contributed by atoms with E-state index in [9.17, 15) is 5.11 Å². The molecule has 1 N–H and O–H groups in total. The van der Waals surface area contributed by atoms with Gasteiger partial charge in [0.25, 0.3) is 0 Å². The van der Waals surface area contributed by atoms with Crippen molar-refractivity contribution in [3.8, 4) is 0 Å². The molecule has 90 valence electrons. The Morgan fingerprint density at radius 1 is 1.06 bits per heavy atom. The van der Waals surface area contributed by atoms with Crippen molar-refractivity contribution in [3.05, 3.63) is 47.5 Å². The van der Waals surface area contributed by atoms with E-state index < -0.39 is 0 Å². The van der Waals surface area contributed by atoms with Gasteiger partial charge in [0.15, 0.2) is 0 Å². The van der Waals surface area contributed by atoms with Crippen LogP contribution in [-0.4, -0.2) is 5.11 Å². The maximum atomic E-state index is 10.2. The van der Waals surface area contributed by atoms with Crippen LogP contribution in [-0.2, 0) is 0 Å². The van der Waals surface area contributed by atoms with Crippen molar-refractivity contribution < 1.29 is 5.11 Å². The summed E-state index contributed by atoms with van der Waals surface area (Å²) in [5.41, 5.74) is 2.34. The lowest BCUT2D eigenvalue weighted by molar-refractivity contribution is 0.166. The van der Waals surface area contributed by atoms with E-state index in [1.165, 1.54) is 16.3 Å². The van der Waals surface area contributed by atoms with Crippen LogP contribution in [0.1, 0.15) is 43.4 Å². The van der Waals surface area contributed by atoms with Gasteiger partial charge in [-0.25, -0.2) is 0 Å². The van der Waals surface area contributed by atoms with Crippen molar-refractivity contribution in [1.29, 1.82) is 0 Å². The summed E-state index contributed by atoms with van der Waals surface area (Å²) in [5, 5.41) is 12.7. The van der Waals surface area contributed by atoms with Crippen LogP contribution in [0, 0.1) is 6.92 Å². The quantitative estimate of drug-likeness (QED) is 0.823. The monoisotopic (exact) mass is 228 g/mol. The maximum absolute atomic E-state index is 10.2. The molecular weight excluding hydrogens is 208 g/mol. The van der Waals surface area contributed by atoms with E-state index >= 15 is 0 Å². The van der Waals surface area contributed by atoms with Crippen LogP contribution in [0.4, 0.5) is 0 Å². The lowest BCUT2D eigenvalue weighted by Gasteiger charge is -2.14. The molecule has 1 heteroatoms. The molecule has 0 aliphatic carbocycles. The smallest absolute Gasteiger partial charge is 0.0796 e. The lowest BCUT2D eigenvalue weighted by atomic mass is 9.95. The Morgan fingerprint density at radius 2 is 1.76 bits per heavy atom. The van der Waals surface area contributed by atoms with E-state index in [-0.39, 0.29) is 6.10 Å². The molecule has 2 aromatic rings. The van der Waals surface area contributed by atoms with E-state index in [1.54, 1.807) is 0 Å². The number of benzene rings is 2. The molecule has 0 bridgehead atoms. The average Bonchev–Trinajstić information content (AvgIpc) is 2.37. The second kappa shape index (κ2) is 5.33. The Bertz CT molecular complexity index is 502. The molecule has 2 aromatic carbocycles. The van der Waals surface area contributed by atoms with Crippen molar-refractivity contribution in [2.75, 3.05) is 0 Å². The third-order valence-corrected chi connectivity index (χ3v) is 3.37. The molecule has 0 heterocycles. The average molecular weight is 228 g/mol. The van der Waals surface area contributed by atoms with Gasteiger partial charge in [-0.2, -0.15) is 0 Å². The molecule has 1 atom stereocenters. The molecule has 1 unspecified atom stereocenters. The molecule has 0 fully saturated rings. The van der Waals surface area contributed by atoms with Gasteiger partial charge in [-0.3, -0.25) is 0 Å². The third kappa shape index (κ3) is 2.50. The van der Waals surface area contributed by atoms with Gasteiger partial charge in [-0.05, 0) is 35.2 Å². The molecule has 17 heavy (non-hydrogen) atoms. The molecule has 0 saturated heterocycles. The van der Waals surface area contributed by atoms with Gasteiger partial charge in [-0.15, -0.1) is 0 Å². The van der Waals surface area contributed by atoms with E-state index in [2.05, 4.69) is 44.2 Å². The molecule has 0 aliphatic rings. The summed E-state index contributed by atoms with van der Waals surface area (Å²) >= 11 is 0. The van der Waals surface area contributed by atoms with Gasteiger partial charge in [0, 0.05) is 0 Å². The zero-order chi connectivity index (χ0) is 12.3. The minimum absolute atomic E-state index is 0.333. The Labute approximate surface area is 103 Å². The summed E-state index contributed by atoms with van der Waals surface area (Å²) in [6, 6.07) is 12.5. The summed E-state index contributed by atoms with van der Waals surface area (Å²) in [5.74, 6) is 0. The predicted octanol–water partition coefficient (Wildman–Crippen LogP) is 4.37. The van der Waals surface area contributed by atoms with Crippen molar-refractivity contribution in [2.24, 2.45) is 0 Å². The van der Waals surface area contributed by atoms with Crippen molar-refractivity contribution >= 4 is 10.8 Å². The van der Waals surface area contributed by atoms with Crippen LogP contribution in [0.15, 0.2) is 36.4 Å². The second-order valence-electron chi connectivity index (χ2n) is 4.68. The van der Waals surface area contributed by atoms with Gasteiger partial charge in [0.2, 0.25) is 0 Å². The van der Waals surface area contributed by atoms with Gasteiger partial charge >= 0.3 is 0 Å². The first kappa shape index (κ1) is 12.1. The third-order valence-electron chi connectivity index (χ3n) is 3.37. The lowest BCUT2D eigenvalue weighted by Crippen LogP contribution is -1.99. The summed E-state index contributed by atoms with van der Waals surface area (Å²) in [4.78, 5) is 0. The molecule has 0 spiro atoms. The summed E-state index contributed by atoms with van der Waals surface area (Å²) in [6.07, 6.45) is 2.72. The Balaban J connectivity index is 2.44. The molecular formula is C16H20O. The Kier molecular flexibility index (Phi) is 3.80. The molecule has 0 aliphatic heterocycles. The minimum Gasteiger partial charge on any atom is -0.388 e. The predicted molar refractivity (Wildman–Crippen MR) is 73.2 cm³/mol.